The van der Waals surface area contributed by atoms with Crippen molar-refractivity contribution in [3.8, 4) is 17.2 Å². The third kappa shape index (κ3) is 5.77. The standard InChI is InChI=1S/C42H35Cl2N3O9/c1-54-25-11-8-23(9-12-25)42-31(38(50)47(40(42)52)45-33-17-10-24(43)18-32(33)44)20-30-27(15-16-29-35(30)39(51)46(37(29)49)41(53)55-2)36(42)28-14-13-26(19-34(28)48)56-21-22-6-4-3-5-7-22/h3-15,17-19,29-31,35-36,45,48H,16,20-21H2,1-2H3. The van der Waals surface area contributed by atoms with Gasteiger partial charge in [-0.3, -0.25) is 24.6 Å². The van der Waals surface area contributed by atoms with E-state index in [1.165, 1.54) is 19.2 Å². The normalized spacial score (nSPS) is 25.3. The highest BCUT2D eigenvalue weighted by molar-refractivity contribution is 6.36. The molecule has 2 saturated heterocycles. The third-order valence-corrected chi connectivity index (χ3v) is 12.0. The molecule has 0 aromatic heterocycles. The zero-order valence-corrected chi connectivity index (χ0v) is 31.6. The Morgan fingerprint density at radius 3 is 2.29 bits per heavy atom. The van der Waals surface area contributed by atoms with Crippen molar-refractivity contribution in [2.45, 2.75) is 30.8 Å². The molecule has 2 aliphatic carbocycles. The minimum atomic E-state index is -1.71. The van der Waals surface area contributed by atoms with Crippen LogP contribution in [0.5, 0.6) is 17.2 Å². The topological polar surface area (TPSA) is 152 Å². The summed E-state index contributed by atoms with van der Waals surface area (Å²) in [6, 6.07) is 25.7. The van der Waals surface area contributed by atoms with Crippen LogP contribution in [-0.4, -0.2) is 59.0 Å². The Morgan fingerprint density at radius 1 is 0.875 bits per heavy atom. The van der Waals surface area contributed by atoms with E-state index < -0.39 is 64.7 Å². The van der Waals surface area contributed by atoms with Crippen molar-refractivity contribution in [1.29, 1.82) is 0 Å². The molecule has 2 aliphatic heterocycles. The molecule has 2 heterocycles. The van der Waals surface area contributed by atoms with Gasteiger partial charge in [-0.15, -0.1) is 0 Å². The van der Waals surface area contributed by atoms with E-state index in [1.807, 2.05) is 36.4 Å². The molecular formula is C42H35Cl2N3O9. The number of nitrogens with one attached hydrogen (secondary N) is 1. The van der Waals surface area contributed by atoms with Crippen molar-refractivity contribution in [3.63, 3.8) is 0 Å². The van der Waals surface area contributed by atoms with Crippen LogP contribution >= 0.6 is 23.2 Å². The fourth-order valence-corrected chi connectivity index (χ4v) is 9.51. The van der Waals surface area contributed by atoms with E-state index in [1.54, 1.807) is 48.5 Å². The zero-order valence-electron chi connectivity index (χ0n) is 30.1. The second-order valence-electron chi connectivity index (χ2n) is 14.2. The first-order valence-corrected chi connectivity index (χ1v) is 18.6. The van der Waals surface area contributed by atoms with Crippen LogP contribution in [0.25, 0.3) is 0 Å². The Hall–Kier alpha value is -5.85. The number of fused-ring (bicyclic) bond motifs is 4. The van der Waals surface area contributed by atoms with Gasteiger partial charge in [-0.25, -0.2) is 4.79 Å². The van der Waals surface area contributed by atoms with Gasteiger partial charge in [0.25, 0.3) is 11.8 Å². The van der Waals surface area contributed by atoms with Crippen LogP contribution in [-0.2, 0) is 35.9 Å². The van der Waals surface area contributed by atoms with Gasteiger partial charge in [-0.05, 0) is 66.3 Å². The first-order chi connectivity index (χ1) is 27.0. The van der Waals surface area contributed by atoms with Crippen LogP contribution in [0.3, 0.4) is 0 Å². The smallest absolute Gasteiger partial charge is 0.423 e. The van der Waals surface area contributed by atoms with Gasteiger partial charge in [0.15, 0.2) is 0 Å². The minimum absolute atomic E-state index is 0.0420. The lowest BCUT2D eigenvalue weighted by Crippen LogP contribution is -2.53. The van der Waals surface area contributed by atoms with Gasteiger partial charge >= 0.3 is 6.09 Å². The van der Waals surface area contributed by atoms with Gasteiger partial charge in [0, 0.05) is 22.6 Å². The summed E-state index contributed by atoms with van der Waals surface area (Å²) >= 11 is 12.7. The van der Waals surface area contributed by atoms with Crippen LogP contribution in [0.2, 0.25) is 10.0 Å². The monoisotopic (exact) mass is 795 g/mol. The van der Waals surface area contributed by atoms with E-state index in [-0.39, 0.29) is 35.9 Å². The number of methoxy groups -OCH3 is 2. The molecule has 4 aromatic carbocycles. The van der Waals surface area contributed by atoms with Gasteiger partial charge in [-0.2, -0.15) is 9.91 Å². The Labute approximate surface area is 331 Å². The van der Waals surface area contributed by atoms with Gasteiger partial charge in [0.1, 0.15) is 23.9 Å². The number of carbonyl (C=O) groups excluding carboxylic acids is 5. The van der Waals surface area contributed by atoms with Gasteiger partial charge in [0.05, 0.1) is 48.1 Å². The van der Waals surface area contributed by atoms with E-state index in [2.05, 4.69) is 5.43 Å². The molecule has 56 heavy (non-hydrogen) atoms. The first kappa shape index (κ1) is 37.1. The highest BCUT2D eigenvalue weighted by Crippen LogP contribution is 2.65. The summed E-state index contributed by atoms with van der Waals surface area (Å²) in [7, 11) is 2.60. The second kappa shape index (κ2) is 14.3. The molecule has 14 heteroatoms. The van der Waals surface area contributed by atoms with Gasteiger partial charge < -0.3 is 19.3 Å². The molecule has 5 amide bonds. The molecule has 3 fully saturated rings. The number of aromatic hydroxyl groups is 1. The summed E-state index contributed by atoms with van der Waals surface area (Å²) < 4.78 is 16.3. The fourth-order valence-electron chi connectivity index (χ4n) is 9.06. The third-order valence-electron chi connectivity index (χ3n) is 11.5. The molecule has 8 rings (SSSR count). The number of rotatable bonds is 8. The van der Waals surface area contributed by atoms with E-state index in [4.69, 9.17) is 37.4 Å². The largest absolute Gasteiger partial charge is 0.508 e. The van der Waals surface area contributed by atoms with Crippen molar-refractivity contribution in [1.82, 2.24) is 9.91 Å². The van der Waals surface area contributed by atoms with Gasteiger partial charge in [0.2, 0.25) is 11.8 Å². The fraction of sp³-hybridized carbons (Fsp3) is 0.262. The van der Waals surface area contributed by atoms with Crippen LogP contribution in [0, 0.1) is 23.7 Å². The van der Waals surface area contributed by atoms with E-state index in [0.29, 0.717) is 38.1 Å². The number of anilines is 1. The average molecular weight is 797 g/mol. The molecule has 286 valence electrons. The lowest BCUT2D eigenvalue weighted by atomic mass is 9.49. The predicted molar refractivity (Wildman–Crippen MR) is 204 cm³/mol. The Bertz CT molecular complexity index is 2320. The van der Waals surface area contributed by atoms with Crippen molar-refractivity contribution in [2.24, 2.45) is 23.7 Å². The maximum Gasteiger partial charge on any atom is 0.423 e. The number of hydrogen-bond acceptors (Lipinski definition) is 10. The lowest BCUT2D eigenvalue weighted by Gasteiger charge is -2.50. The number of nitrogens with zero attached hydrogens (tertiary/aromatic N) is 2. The number of benzene rings is 4. The SMILES string of the molecule is COC(=O)N1C(=O)C2CC=C3C(CC4C(=O)N(Nc5ccc(Cl)cc5Cl)C(=O)C4(c4ccc(OC)cc4)C3c3ccc(OCc4ccccc4)cc3O)C2C1=O. The summed E-state index contributed by atoms with van der Waals surface area (Å²) in [6.07, 6.45) is 0.743. The number of amides is 5. The Morgan fingerprint density at radius 2 is 1.61 bits per heavy atom. The quantitative estimate of drug-likeness (QED) is 0.140. The summed E-state index contributed by atoms with van der Waals surface area (Å²) in [4.78, 5) is 71.3. The molecular weight excluding hydrogens is 761 g/mol. The molecule has 0 bridgehead atoms. The number of phenols is 1. The second-order valence-corrected chi connectivity index (χ2v) is 15.0. The molecule has 4 aliphatic rings. The predicted octanol–water partition coefficient (Wildman–Crippen LogP) is 7.04. The van der Waals surface area contributed by atoms with Crippen LogP contribution < -0.4 is 14.9 Å². The molecule has 12 nitrogen and oxygen atoms in total. The number of carbonyl (C=O) groups is 5. The van der Waals surface area contributed by atoms with E-state index >= 15 is 4.79 Å². The minimum Gasteiger partial charge on any atom is -0.508 e. The number of halogens is 2. The Kier molecular flexibility index (Phi) is 9.50. The lowest BCUT2D eigenvalue weighted by molar-refractivity contribution is -0.140. The summed E-state index contributed by atoms with van der Waals surface area (Å²) in [5.74, 6) is -6.96. The average Bonchev–Trinajstić information content (AvgIpc) is 3.59. The maximum atomic E-state index is 15.4. The number of allylic oxidation sites excluding steroid dienone is 2. The molecule has 2 N–H and O–H groups in total. The van der Waals surface area contributed by atoms with E-state index in [9.17, 15) is 24.3 Å². The molecule has 0 spiro atoms. The number of ether oxygens (including phenoxy) is 3. The summed E-state index contributed by atoms with van der Waals surface area (Å²) in [5.41, 5.74) is 3.70. The van der Waals surface area contributed by atoms with Crippen LogP contribution in [0.1, 0.15) is 35.4 Å². The van der Waals surface area contributed by atoms with Crippen molar-refractivity contribution in [3.05, 3.63) is 129 Å². The van der Waals surface area contributed by atoms with Crippen LogP contribution in [0.4, 0.5) is 10.5 Å². The number of phenolic OH excluding ortho intramolecular Hbond substituents is 1. The molecule has 6 unspecified atom stereocenters. The first-order valence-electron chi connectivity index (χ1n) is 17.9. The summed E-state index contributed by atoms with van der Waals surface area (Å²) in [5, 5.41) is 13.4. The number of hydrogen-bond donors (Lipinski definition) is 2. The highest BCUT2D eigenvalue weighted by Gasteiger charge is 2.71. The Balaban J connectivity index is 1.31. The van der Waals surface area contributed by atoms with E-state index in [0.717, 1.165) is 17.7 Å². The van der Waals surface area contributed by atoms with Crippen LogP contribution in [0.15, 0.2) is 103 Å². The zero-order chi connectivity index (χ0) is 39.5. The molecule has 6 atom stereocenters. The van der Waals surface area contributed by atoms with Gasteiger partial charge in [-0.1, -0.05) is 83.4 Å². The molecule has 0 radical (unpaired) electrons. The summed E-state index contributed by atoms with van der Waals surface area (Å²) in [6.45, 7) is 0.227. The van der Waals surface area contributed by atoms with Crippen molar-refractivity contribution < 1.29 is 43.3 Å². The molecule has 4 aromatic rings. The number of hydrazine groups is 1. The number of likely N-dealkylation sites (tertiary alicyclic amines) is 1. The number of imide groups is 4. The van der Waals surface area contributed by atoms with Crippen molar-refractivity contribution in [2.75, 3.05) is 19.6 Å². The van der Waals surface area contributed by atoms with Crippen molar-refractivity contribution >= 4 is 58.6 Å². The molecule has 1 saturated carbocycles. The maximum absolute atomic E-state index is 15.4. The highest BCUT2D eigenvalue weighted by atomic mass is 35.5.